The van der Waals surface area contributed by atoms with Crippen molar-refractivity contribution in [3.63, 3.8) is 0 Å². The van der Waals surface area contributed by atoms with Crippen molar-refractivity contribution in [3.05, 3.63) is 69.0 Å². The van der Waals surface area contributed by atoms with Crippen LogP contribution in [0.3, 0.4) is 0 Å². The molecule has 130 valence electrons. The maximum atomic E-state index is 12.1. The highest BCUT2D eigenvalue weighted by atomic mass is 35.5. The number of amides is 1. The number of nitrogens with one attached hydrogen (secondary N) is 1. The van der Waals surface area contributed by atoms with E-state index in [-0.39, 0.29) is 12.4 Å². The Morgan fingerprint density at radius 2 is 2.08 bits per heavy atom. The second-order valence-electron chi connectivity index (χ2n) is 5.52. The number of ether oxygens (including phenoxy) is 1. The Morgan fingerprint density at radius 1 is 1.31 bits per heavy atom. The van der Waals surface area contributed by atoms with Gasteiger partial charge in [-0.2, -0.15) is 5.26 Å². The quantitative estimate of drug-likeness (QED) is 0.709. The molecule has 1 amide bonds. The number of rotatable bonds is 4. The normalized spacial score (nSPS) is 10.3. The predicted molar refractivity (Wildman–Crippen MR) is 97.5 cm³/mol. The number of halogens is 1. The van der Waals surface area contributed by atoms with Crippen LogP contribution in [0, 0.1) is 18.3 Å². The van der Waals surface area contributed by atoms with Gasteiger partial charge >= 0.3 is 5.63 Å². The number of fused-ring (bicyclic) bond motifs is 1. The molecule has 0 fully saturated rings. The number of nitriles is 1. The van der Waals surface area contributed by atoms with Gasteiger partial charge in [0.05, 0.1) is 16.3 Å². The molecule has 3 rings (SSSR count). The van der Waals surface area contributed by atoms with Crippen LogP contribution in [-0.2, 0) is 4.79 Å². The first-order valence-electron chi connectivity index (χ1n) is 7.63. The Balaban J connectivity index is 1.77. The largest absolute Gasteiger partial charge is 0.482 e. The summed E-state index contributed by atoms with van der Waals surface area (Å²) in [5.41, 5.74) is 1.32. The smallest absolute Gasteiger partial charge is 0.336 e. The van der Waals surface area contributed by atoms with Gasteiger partial charge in [0.15, 0.2) is 6.61 Å². The van der Waals surface area contributed by atoms with Gasteiger partial charge in [-0.3, -0.25) is 4.79 Å². The summed E-state index contributed by atoms with van der Waals surface area (Å²) >= 11 is 6.19. The molecule has 0 aliphatic rings. The van der Waals surface area contributed by atoms with E-state index in [9.17, 15) is 9.59 Å². The Kier molecular flexibility index (Phi) is 4.92. The molecule has 0 bridgehead atoms. The minimum Gasteiger partial charge on any atom is -0.482 e. The first-order valence-corrected chi connectivity index (χ1v) is 8.01. The van der Waals surface area contributed by atoms with Crippen LogP contribution in [0.15, 0.2) is 51.7 Å². The molecule has 6 nitrogen and oxygen atoms in total. The minimum absolute atomic E-state index is 0.219. The summed E-state index contributed by atoms with van der Waals surface area (Å²) in [4.78, 5) is 23.6. The van der Waals surface area contributed by atoms with Crippen LogP contribution < -0.4 is 15.7 Å². The first-order chi connectivity index (χ1) is 12.5. The van der Waals surface area contributed by atoms with Crippen molar-refractivity contribution in [1.82, 2.24) is 0 Å². The predicted octanol–water partition coefficient (Wildman–Crippen LogP) is 3.64. The highest BCUT2D eigenvalue weighted by molar-refractivity contribution is 6.32. The van der Waals surface area contributed by atoms with Crippen molar-refractivity contribution < 1.29 is 13.9 Å². The fourth-order valence-corrected chi connectivity index (χ4v) is 2.67. The van der Waals surface area contributed by atoms with E-state index < -0.39 is 11.5 Å². The lowest BCUT2D eigenvalue weighted by atomic mass is 10.1. The van der Waals surface area contributed by atoms with Crippen LogP contribution in [0.2, 0.25) is 5.02 Å². The molecular weight excluding hydrogens is 356 g/mol. The second kappa shape index (κ2) is 7.30. The summed E-state index contributed by atoms with van der Waals surface area (Å²) in [7, 11) is 0. The molecule has 0 saturated heterocycles. The summed E-state index contributed by atoms with van der Waals surface area (Å²) in [6, 6.07) is 13.1. The molecule has 0 aliphatic carbocycles. The first kappa shape index (κ1) is 17.5. The number of hydrogen-bond acceptors (Lipinski definition) is 5. The molecule has 1 aromatic heterocycles. The van der Waals surface area contributed by atoms with E-state index in [1.54, 1.807) is 37.3 Å². The Bertz CT molecular complexity index is 1100. The third kappa shape index (κ3) is 3.68. The van der Waals surface area contributed by atoms with Gasteiger partial charge in [-0.1, -0.05) is 23.7 Å². The lowest BCUT2D eigenvalue weighted by molar-refractivity contribution is -0.118. The van der Waals surface area contributed by atoms with Crippen LogP contribution in [0.4, 0.5) is 5.69 Å². The standard InChI is InChI=1S/C19H13ClN2O4/c1-11-6-19(24)26-16-8-17(14(20)7-13(11)16)25-10-18(23)22-15-5-3-2-4-12(15)9-21/h2-8H,10H2,1H3,(H,22,23). The molecule has 1 heterocycles. The number of carbonyl (C=O) groups is 1. The van der Waals surface area contributed by atoms with Crippen LogP contribution in [0.5, 0.6) is 5.75 Å². The molecule has 0 atom stereocenters. The molecule has 26 heavy (non-hydrogen) atoms. The molecule has 0 saturated carbocycles. The third-order valence-electron chi connectivity index (χ3n) is 3.68. The van der Waals surface area contributed by atoms with Crippen molar-refractivity contribution in [1.29, 1.82) is 5.26 Å². The van der Waals surface area contributed by atoms with E-state index in [1.807, 2.05) is 6.07 Å². The summed E-state index contributed by atoms with van der Waals surface area (Å²) < 4.78 is 10.6. The van der Waals surface area contributed by atoms with E-state index in [2.05, 4.69) is 5.32 Å². The monoisotopic (exact) mass is 368 g/mol. The van der Waals surface area contributed by atoms with Crippen molar-refractivity contribution in [2.45, 2.75) is 6.92 Å². The van der Waals surface area contributed by atoms with Crippen LogP contribution in [0.1, 0.15) is 11.1 Å². The van der Waals surface area contributed by atoms with Gasteiger partial charge in [0.2, 0.25) is 0 Å². The summed E-state index contributed by atoms with van der Waals surface area (Å²) in [5, 5.41) is 12.6. The summed E-state index contributed by atoms with van der Waals surface area (Å²) in [5.74, 6) is -0.230. The highest BCUT2D eigenvalue weighted by Crippen LogP contribution is 2.31. The third-order valence-corrected chi connectivity index (χ3v) is 3.98. The van der Waals surface area contributed by atoms with E-state index >= 15 is 0 Å². The zero-order chi connectivity index (χ0) is 18.7. The van der Waals surface area contributed by atoms with Crippen molar-refractivity contribution in [2.75, 3.05) is 11.9 Å². The number of nitrogens with zero attached hydrogens (tertiary/aromatic N) is 1. The molecule has 0 unspecified atom stereocenters. The zero-order valence-electron chi connectivity index (χ0n) is 13.7. The molecule has 2 aromatic carbocycles. The molecule has 0 radical (unpaired) electrons. The average Bonchev–Trinajstić information content (AvgIpc) is 2.61. The van der Waals surface area contributed by atoms with Gasteiger partial charge in [-0.25, -0.2) is 4.79 Å². The highest BCUT2D eigenvalue weighted by Gasteiger charge is 2.12. The van der Waals surface area contributed by atoms with Gasteiger partial charge < -0.3 is 14.5 Å². The van der Waals surface area contributed by atoms with E-state index in [0.29, 0.717) is 27.2 Å². The SMILES string of the molecule is Cc1cc(=O)oc2cc(OCC(=O)Nc3ccccc3C#N)c(Cl)cc12. The number of carbonyl (C=O) groups excluding carboxylic acids is 1. The van der Waals surface area contributed by atoms with E-state index in [4.69, 9.17) is 26.0 Å². The number of para-hydroxylation sites is 1. The Morgan fingerprint density at radius 3 is 2.85 bits per heavy atom. The van der Waals surface area contributed by atoms with Crippen molar-refractivity contribution in [2.24, 2.45) is 0 Å². The fourth-order valence-electron chi connectivity index (χ4n) is 2.45. The maximum Gasteiger partial charge on any atom is 0.336 e. The summed E-state index contributed by atoms with van der Waals surface area (Å²) in [6.07, 6.45) is 0. The number of benzene rings is 2. The summed E-state index contributed by atoms with van der Waals surface area (Å²) in [6.45, 7) is 1.46. The second-order valence-corrected chi connectivity index (χ2v) is 5.93. The van der Waals surface area contributed by atoms with Crippen molar-refractivity contribution >= 4 is 34.2 Å². The van der Waals surface area contributed by atoms with Crippen LogP contribution in [0.25, 0.3) is 11.0 Å². The average molecular weight is 369 g/mol. The maximum absolute atomic E-state index is 12.1. The lowest BCUT2D eigenvalue weighted by Crippen LogP contribution is -2.20. The van der Waals surface area contributed by atoms with Gasteiger partial charge in [-0.05, 0) is 30.7 Å². The minimum atomic E-state index is -0.478. The van der Waals surface area contributed by atoms with Gasteiger partial charge in [0.1, 0.15) is 17.4 Å². The van der Waals surface area contributed by atoms with E-state index in [1.165, 1.54) is 12.1 Å². The zero-order valence-corrected chi connectivity index (χ0v) is 14.5. The molecule has 0 spiro atoms. The molecule has 3 aromatic rings. The van der Waals surface area contributed by atoms with Gasteiger partial charge in [-0.15, -0.1) is 0 Å². The van der Waals surface area contributed by atoms with Crippen molar-refractivity contribution in [3.8, 4) is 11.8 Å². The topological polar surface area (TPSA) is 92.3 Å². The Labute approximate surface area is 153 Å². The fraction of sp³-hybridized carbons (Fsp3) is 0.105. The van der Waals surface area contributed by atoms with Crippen LogP contribution in [-0.4, -0.2) is 12.5 Å². The molecule has 7 heteroatoms. The van der Waals surface area contributed by atoms with Gasteiger partial charge in [0.25, 0.3) is 5.91 Å². The van der Waals surface area contributed by atoms with E-state index in [0.717, 1.165) is 5.56 Å². The Hall–Kier alpha value is -3.30. The number of hydrogen-bond donors (Lipinski definition) is 1. The molecule has 0 aliphatic heterocycles. The molecular formula is C19H13ClN2O4. The van der Waals surface area contributed by atoms with Crippen LogP contribution >= 0.6 is 11.6 Å². The van der Waals surface area contributed by atoms with Gasteiger partial charge in [0, 0.05) is 17.5 Å². The number of anilines is 1. The number of aryl methyl sites for hydroxylation is 1. The lowest BCUT2D eigenvalue weighted by Gasteiger charge is -2.11. The molecule has 1 N–H and O–H groups in total.